The molecule has 1 aliphatic rings. The van der Waals surface area contributed by atoms with Crippen LogP contribution in [-0.2, 0) is 16.0 Å². The summed E-state index contributed by atoms with van der Waals surface area (Å²) in [6.07, 6.45) is 1.25. The first kappa shape index (κ1) is 10.7. The van der Waals surface area contributed by atoms with Crippen LogP contribution in [0.3, 0.4) is 0 Å². The predicted octanol–water partition coefficient (Wildman–Crippen LogP) is 1.26. The molecular formula is C12H13NO3. The van der Waals surface area contributed by atoms with E-state index in [1.165, 1.54) is 0 Å². The molecule has 0 aliphatic carbocycles. The van der Waals surface area contributed by atoms with Gasteiger partial charge in [0.1, 0.15) is 0 Å². The van der Waals surface area contributed by atoms with Crippen molar-refractivity contribution in [2.75, 3.05) is 0 Å². The second kappa shape index (κ2) is 4.35. The Morgan fingerprint density at radius 1 is 1.38 bits per heavy atom. The second-order valence-electron chi connectivity index (χ2n) is 3.96. The van der Waals surface area contributed by atoms with Gasteiger partial charge in [-0.25, -0.2) is 0 Å². The minimum Gasteiger partial charge on any atom is -0.481 e. The molecule has 0 aromatic heterocycles. The molecule has 84 valence electrons. The monoisotopic (exact) mass is 219 g/mol. The average Bonchev–Trinajstić information content (AvgIpc) is 2.23. The average molecular weight is 219 g/mol. The van der Waals surface area contributed by atoms with Crippen LogP contribution in [0.5, 0.6) is 0 Å². The first-order chi connectivity index (χ1) is 7.65. The molecule has 1 fully saturated rings. The van der Waals surface area contributed by atoms with Crippen LogP contribution in [0, 0.1) is 0 Å². The molecule has 1 amide bonds. The van der Waals surface area contributed by atoms with E-state index in [4.69, 9.17) is 5.11 Å². The Labute approximate surface area is 93.3 Å². The van der Waals surface area contributed by atoms with Crippen LogP contribution in [0.4, 0.5) is 0 Å². The van der Waals surface area contributed by atoms with E-state index in [2.05, 4.69) is 5.32 Å². The van der Waals surface area contributed by atoms with Gasteiger partial charge >= 0.3 is 5.97 Å². The van der Waals surface area contributed by atoms with Crippen LogP contribution in [0.1, 0.15) is 30.0 Å². The highest BCUT2D eigenvalue weighted by molar-refractivity contribution is 5.83. The van der Waals surface area contributed by atoms with Crippen molar-refractivity contribution in [3.05, 3.63) is 35.4 Å². The van der Waals surface area contributed by atoms with Crippen molar-refractivity contribution in [1.82, 2.24) is 5.32 Å². The summed E-state index contributed by atoms with van der Waals surface area (Å²) in [5.74, 6) is -0.699. The first-order valence-electron chi connectivity index (χ1n) is 5.25. The van der Waals surface area contributed by atoms with Gasteiger partial charge in [0.05, 0.1) is 12.5 Å². The number of aliphatic carboxylic acids is 1. The topological polar surface area (TPSA) is 66.4 Å². The lowest BCUT2D eigenvalue weighted by molar-refractivity contribution is -0.137. The number of carbonyl (C=O) groups excluding carboxylic acids is 1. The van der Waals surface area contributed by atoms with E-state index in [9.17, 15) is 9.59 Å². The van der Waals surface area contributed by atoms with Crippen molar-refractivity contribution in [2.24, 2.45) is 0 Å². The van der Waals surface area contributed by atoms with Gasteiger partial charge in [-0.3, -0.25) is 9.59 Å². The summed E-state index contributed by atoms with van der Waals surface area (Å²) in [5.41, 5.74) is 2.09. The van der Waals surface area contributed by atoms with Gasteiger partial charge in [0.25, 0.3) is 0 Å². The van der Waals surface area contributed by atoms with E-state index in [-0.39, 0.29) is 18.4 Å². The SMILES string of the molecule is O=C(O)CCc1ccc(C2CC(=O)N2)cc1. The quantitative estimate of drug-likeness (QED) is 0.749. The van der Waals surface area contributed by atoms with E-state index in [0.717, 1.165) is 11.1 Å². The number of β-lactam (4-membered cyclic amide) rings is 1. The predicted molar refractivity (Wildman–Crippen MR) is 57.9 cm³/mol. The zero-order valence-corrected chi connectivity index (χ0v) is 8.77. The van der Waals surface area contributed by atoms with Crippen molar-refractivity contribution in [2.45, 2.75) is 25.3 Å². The number of carboxylic acids is 1. The first-order valence-corrected chi connectivity index (χ1v) is 5.25. The smallest absolute Gasteiger partial charge is 0.303 e. The van der Waals surface area contributed by atoms with E-state index >= 15 is 0 Å². The normalized spacial score (nSPS) is 18.8. The summed E-state index contributed by atoms with van der Waals surface area (Å²) in [7, 11) is 0. The highest BCUT2D eigenvalue weighted by Gasteiger charge is 2.26. The Balaban J connectivity index is 1.94. The van der Waals surface area contributed by atoms with Crippen LogP contribution >= 0.6 is 0 Å². The van der Waals surface area contributed by atoms with Gasteiger partial charge in [0.15, 0.2) is 0 Å². The summed E-state index contributed by atoms with van der Waals surface area (Å²) in [6, 6.07) is 7.87. The van der Waals surface area contributed by atoms with E-state index in [1.807, 2.05) is 24.3 Å². The number of carbonyl (C=O) groups is 2. The lowest BCUT2D eigenvalue weighted by atomic mass is 9.96. The van der Waals surface area contributed by atoms with Gasteiger partial charge in [-0.2, -0.15) is 0 Å². The summed E-state index contributed by atoms with van der Waals surface area (Å²) in [6.45, 7) is 0. The minimum absolute atomic E-state index is 0.0833. The minimum atomic E-state index is -0.782. The lowest BCUT2D eigenvalue weighted by Crippen LogP contribution is -2.41. The zero-order chi connectivity index (χ0) is 11.5. The molecular weight excluding hydrogens is 206 g/mol. The van der Waals surface area contributed by atoms with Crippen molar-refractivity contribution in [3.8, 4) is 0 Å². The maximum absolute atomic E-state index is 10.8. The highest BCUT2D eigenvalue weighted by atomic mass is 16.4. The molecule has 1 aromatic carbocycles. The van der Waals surface area contributed by atoms with E-state index in [1.54, 1.807) is 0 Å². The Morgan fingerprint density at radius 3 is 2.50 bits per heavy atom. The fraction of sp³-hybridized carbons (Fsp3) is 0.333. The van der Waals surface area contributed by atoms with Gasteiger partial charge in [0.2, 0.25) is 5.91 Å². The number of aryl methyl sites for hydroxylation is 1. The summed E-state index contributed by atoms with van der Waals surface area (Å²) < 4.78 is 0. The molecule has 0 saturated carbocycles. The van der Waals surface area contributed by atoms with E-state index < -0.39 is 5.97 Å². The molecule has 4 heteroatoms. The number of hydrogen-bond donors (Lipinski definition) is 2. The number of rotatable bonds is 4. The van der Waals surface area contributed by atoms with Crippen molar-refractivity contribution in [1.29, 1.82) is 0 Å². The van der Waals surface area contributed by atoms with Crippen molar-refractivity contribution in [3.63, 3.8) is 0 Å². The molecule has 1 aliphatic heterocycles. The highest BCUT2D eigenvalue weighted by Crippen LogP contribution is 2.23. The number of benzene rings is 1. The third kappa shape index (κ3) is 2.39. The number of nitrogens with one attached hydrogen (secondary N) is 1. The molecule has 1 saturated heterocycles. The maximum atomic E-state index is 10.8. The van der Waals surface area contributed by atoms with Crippen LogP contribution < -0.4 is 5.32 Å². The molecule has 1 heterocycles. The Bertz CT molecular complexity index is 403. The molecule has 1 unspecified atom stereocenters. The van der Waals surface area contributed by atoms with Crippen LogP contribution in [0.15, 0.2) is 24.3 Å². The molecule has 2 N–H and O–H groups in total. The molecule has 0 radical (unpaired) electrons. The summed E-state index contributed by atoms with van der Waals surface area (Å²) in [4.78, 5) is 21.1. The third-order valence-corrected chi connectivity index (χ3v) is 2.73. The van der Waals surface area contributed by atoms with Gasteiger partial charge < -0.3 is 10.4 Å². The summed E-state index contributed by atoms with van der Waals surface area (Å²) >= 11 is 0. The van der Waals surface area contributed by atoms with Crippen LogP contribution in [0.25, 0.3) is 0 Å². The zero-order valence-electron chi connectivity index (χ0n) is 8.77. The van der Waals surface area contributed by atoms with Crippen molar-refractivity contribution >= 4 is 11.9 Å². The number of carboxylic acid groups (broad SMARTS) is 1. The van der Waals surface area contributed by atoms with Gasteiger partial charge in [-0.15, -0.1) is 0 Å². The number of hydrogen-bond acceptors (Lipinski definition) is 2. The maximum Gasteiger partial charge on any atom is 0.303 e. The third-order valence-electron chi connectivity index (χ3n) is 2.73. The van der Waals surface area contributed by atoms with Crippen molar-refractivity contribution < 1.29 is 14.7 Å². The molecule has 0 bridgehead atoms. The molecule has 4 nitrogen and oxygen atoms in total. The Hall–Kier alpha value is -1.84. The van der Waals surface area contributed by atoms with Gasteiger partial charge in [-0.05, 0) is 17.5 Å². The van der Waals surface area contributed by atoms with Gasteiger partial charge in [0, 0.05) is 6.42 Å². The molecule has 1 aromatic rings. The fourth-order valence-corrected chi connectivity index (χ4v) is 1.73. The fourth-order valence-electron chi connectivity index (χ4n) is 1.73. The van der Waals surface area contributed by atoms with Crippen LogP contribution in [-0.4, -0.2) is 17.0 Å². The second-order valence-corrected chi connectivity index (χ2v) is 3.96. The molecule has 16 heavy (non-hydrogen) atoms. The molecule has 1 atom stereocenters. The standard InChI is InChI=1S/C12H13NO3/c14-11-7-10(13-11)9-4-1-8(2-5-9)3-6-12(15)16/h1-2,4-5,10H,3,6-7H2,(H,13,14)(H,15,16). The number of amides is 1. The molecule has 2 rings (SSSR count). The lowest BCUT2D eigenvalue weighted by Gasteiger charge is -2.27. The Morgan fingerprint density at radius 2 is 2.00 bits per heavy atom. The molecule has 0 spiro atoms. The van der Waals surface area contributed by atoms with Crippen LogP contribution in [0.2, 0.25) is 0 Å². The Kier molecular flexibility index (Phi) is 2.90. The van der Waals surface area contributed by atoms with Gasteiger partial charge in [-0.1, -0.05) is 24.3 Å². The largest absolute Gasteiger partial charge is 0.481 e. The van der Waals surface area contributed by atoms with E-state index in [0.29, 0.717) is 12.8 Å². The summed E-state index contributed by atoms with van der Waals surface area (Å²) in [5, 5.41) is 11.3.